The molecule has 11 nitrogen and oxygen atoms in total. The molecule has 138 valence electrons. The van der Waals surface area contributed by atoms with Crippen LogP contribution in [-0.2, 0) is 26.1 Å². The SMILES string of the molecule is O=C([O-])C[C@@H](O)C(=O)[O-].[Ni+2].c1c[nH]cn1.c1c[nH]cn1.c1c[nH]cn1. The number of carboxylic acid groups (broad SMARTS) is 2. The number of nitrogens with one attached hydrogen (secondary N) is 3. The van der Waals surface area contributed by atoms with Crippen LogP contribution in [0.25, 0.3) is 0 Å². The zero-order valence-electron chi connectivity index (χ0n) is 12.7. The van der Waals surface area contributed by atoms with Gasteiger partial charge in [-0.05, 0) is 0 Å². The van der Waals surface area contributed by atoms with E-state index in [4.69, 9.17) is 5.11 Å². The summed E-state index contributed by atoms with van der Waals surface area (Å²) in [6, 6.07) is 0. The summed E-state index contributed by atoms with van der Waals surface area (Å²) in [4.78, 5) is 38.4. The van der Waals surface area contributed by atoms with Crippen LogP contribution in [0, 0.1) is 0 Å². The molecule has 0 unspecified atom stereocenters. The minimum atomic E-state index is -1.96. The first-order valence-corrected chi connectivity index (χ1v) is 6.41. The maximum absolute atomic E-state index is 9.58. The normalized spacial score (nSPS) is 9.32. The number of hydrogen-bond acceptors (Lipinski definition) is 8. The second kappa shape index (κ2) is 17.4. The molecule has 0 amide bonds. The molecule has 0 saturated carbocycles. The predicted molar refractivity (Wildman–Crippen MR) is 76.4 cm³/mol. The van der Waals surface area contributed by atoms with Crippen LogP contribution in [0.3, 0.4) is 0 Å². The number of imidazole rings is 3. The predicted octanol–water partition coefficient (Wildman–Crippen LogP) is -2.54. The Morgan fingerprint density at radius 1 is 0.880 bits per heavy atom. The average molecular weight is 395 g/mol. The Labute approximate surface area is 152 Å². The standard InChI is InChI=1S/C4H6O5.3C3H4N2.Ni/c5-2(4(8)9)1-3(6)7;3*1-2-5-3-4-1;/h2,5H,1H2,(H,6,7)(H,8,9);3*1-3H,(H,4,5);/q;;;;+2/p-2/t2-;;;;/m1..../s1. The summed E-state index contributed by atoms with van der Waals surface area (Å²) in [5.74, 6) is -3.43. The van der Waals surface area contributed by atoms with Crippen LogP contribution >= 0.6 is 0 Å². The fourth-order valence-electron chi connectivity index (χ4n) is 0.887. The van der Waals surface area contributed by atoms with Crippen LogP contribution < -0.4 is 10.2 Å². The Balaban J connectivity index is 0. The Bertz CT molecular complexity index is 489. The van der Waals surface area contributed by atoms with E-state index in [1.54, 1.807) is 56.2 Å². The molecular weight excluding hydrogens is 379 g/mol. The van der Waals surface area contributed by atoms with Crippen LogP contribution in [0.15, 0.2) is 56.2 Å². The molecule has 0 bridgehead atoms. The molecule has 3 aromatic heterocycles. The van der Waals surface area contributed by atoms with Crippen LogP contribution in [0.1, 0.15) is 6.42 Å². The van der Waals surface area contributed by atoms with E-state index < -0.39 is 24.5 Å². The van der Waals surface area contributed by atoms with E-state index in [1.165, 1.54) is 0 Å². The van der Waals surface area contributed by atoms with Gasteiger partial charge in [0, 0.05) is 49.6 Å². The van der Waals surface area contributed by atoms with Crippen molar-refractivity contribution in [2.24, 2.45) is 0 Å². The van der Waals surface area contributed by atoms with E-state index in [0.29, 0.717) is 0 Å². The van der Waals surface area contributed by atoms with Gasteiger partial charge in [0.15, 0.2) is 0 Å². The largest absolute Gasteiger partial charge is 2.00 e. The molecule has 1 atom stereocenters. The summed E-state index contributed by atoms with van der Waals surface area (Å²) in [6.45, 7) is 0. The molecule has 0 radical (unpaired) electrons. The van der Waals surface area contributed by atoms with Crippen LogP contribution in [0.4, 0.5) is 0 Å². The molecule has 4 N–H and O–H groups in total. The second-order valence-electron chi connectivity index (χ2n) is 3.69. The molecule has 25 heavy (non-hydrogen) atoms. The molecule has 0 aliphatic rings. The first kappa shape index (κ1) is 24.3. The number of aliphatic carboxylic acids is 2. The van der Waals surface area contributed by atoms with Crippen LogP contribution in [0.2, 0.25) is 0 Å². The van der Waals surface area contributed by atoms with E-state index in [-0.39, 0.29) is 16.5 Å². The smallest absolute Gasteiger partial charge is 0.550 e. The van der Waals surface area contributed by atoms with Gasteiger partial charge >= 0.3 is 16.5 Å². The van der Waals surface area contributed by atoms with Gasteiger partial charge in [0.05, 0.1) is 31.1 Å². The van der Waals surface area contributed by atoms with Gasteiger partial charge in [-0.2, -0.15) is 0 Å². The quantitative estimate of drug-likeness (QED) is 0.349. The van der Waals surface area contributed by atoms with Crippen molar-refractivity contribution in [3.05, 3.63) is 56.2 Å². The number of aromatic amines is 3. The van der Waals surface area contributed by atoms with Gasteiger partial charge in [0.2, 0.25) is 0 Å². The first-order chi connectivity index (χ1) is 11.5. The Morgan fingerprint density at radius 2 is 1.24 bits per heavy atom. The van der Waals surface area contributed by atoms with Crippen molar-refractivity contribution < 1.29 is 41.4 Å². The summed E-state index contributed by atoms with van der Waals surface area (Å²) in [7, 11) is 0. The van der Waals surface area contributed by atoms with E-state index >= 15 is 0 Å². The maximum atomic E-state index is 9.58. The third-order valence-corrected chi connectivity index (χ3v) is 1.85. The van der Waals surface area contributed by atoms with Gasteiger partial charge in [-0.25, -0.2) is 15.0 Å². The Hall–Kier alpha value is -2.98. The number of carbonyl (C=O) groups is 2. The Morgan fingerprint density at radius 3 is 1.32 bits per heavy atom. The van der Waals surface area contributed by atoms with E-state index in [1.807, 2.05) is 0 Å². The molecule has 0 fully saturated rings. The number of nitrogens with zero attached hydrogens (tertiary/aromatic N) is 3. The van der Waals surface area contributed by atoms with Gasteiger partial charge in [0.25, 0.3) is 0 Å². The number of aliphatic hydroxyl groups is 1. The van der Waals surface area contributed by atoms with E-state index in [0.717, 1.165) is 0 Å². The number of carboxylic acids is 2. The zero-order chi connectivity index (χ0) is 18.0. The number of carbonyl (C=O) groups excluding carboxylic acids is 2. The average Bonchev–Trinajstić information content (AvgIpc) is 3.35. The molecule has 0 spiro atoms. The summed E-state index contributed by atoms with van der Waals surface area (Å²) in [5.41, 5.74) is 0. The summed E-state index contributed by atoms with van der Waals surface area (Å²) < 4.78 is 0. The molecule has 0 saturated heterocycles. The van der Waals surface area contributed by atoms with Crippen molar-refractivity contribution in [3.63, 3.8) is 0 Å². The van der Waals surface area contributed by atoms with Crippen molar-refractivity contribution in [1.29, 1.82) is 0 Å². The van der Waals surface area contributed by atoms with E-state index in [2.05, 4.69) is 29.9 Å². The minimum Gasteiger partial charge on any atom is -0.550 e. The molecule has 0 aromatic carbocycles. The first-order valence-electron chi connectivity index (χ1n) is 6.41. The van der Waals surface area contributed by atoms with Gasteiger partial charge in [-0.15, -0.1) is 0 Å². The minimum absolute atomic E-state index is 0. The molecule has 3 heterocycles. The van der Waals surface area contributed by atoms with Crippen LogP contribution in [-0.4, -0.2) is 53.1 Å². The van der Waals surface area contributed by atoms with Crippen molar-refractivity contribution in [3.8, 4) is 0 Å². The molecule has 3 aromatic rings. The van der Waals surface area contributed by atoms with Crippen molar-refractivity contribution in [1.82, 2.24) is 29.9 Å². The van der Waals surface area contributed by atoms with Gasteiger partial charge in [-0.3, -0.25) is 0 Å². The summed E-state index contributed by atoms with van der Waals surface area (Å²) in [6.07, 6.45) is 12.4. The molecule has 3 rings (SSSR count). The zero-order valence-corrected chi connectivity index (χ0v) is 13.7. The van der Waals surface area contributed by atoms with Gasteiger partial charge in [0.1, 0.15) is 0 Å². The number of aliphatic hydroxyl groups excluding tert-OH is 1. The third kappa shape index (κ3) is 19.0. The molecule has 12 heteroatoms. The molecule has 0 aliphatic heterocycles. The Kier molecular flexibility index (Phi) is 16.9. The van der Waals surface area contributed by atoms with Gasteiger partial charge in [-0.1, -0.05) is 0 Å². The monoisotopic (exact) mass is 394 g/mol. The topological polar surface area (TPSA) is 187 Å². The van der Waals surface area contributed by atoms with Crippen molar-refractivity contribution >= 4 is 11.9 Å². The van der Waals surface area contributed by atoms with Crippen LogP contribution in [0.5, 0.6) is 0 Å². The fourth-order valence-corrected chi connectivity index (χ4v) is 0.887. The number of hydrogen-bond donors (Lipinski definition) is 4. The van der Waals surface area contributed by atoms with E-state index in [9.17, 15) is 19.8 Å². The fraction of sp³-hybridized carbons (Fsp3) is 0.154. The molecular formula is C13H16N6NiO5. The maximum Gasteiger partial charge on any atom is 2.00 e. The number of rotatable bonds is 3. The number of aromatic nitrogens is 6. The number of H-pyrrole nitrogens is 3. The van der Waals surface area contributed by atoms with Gasteiger partial charge < -0.3 is 39.9 Å². The summed E-state index contributed by atoms with van der Waals surface area (Å²) in [5, 5.41) is 27.3. The van der Waals surface area contributed by atoms with Crippen molar-refractivity contribution in [2.75, 3.05) is 0 Å². The third-order valence-electron chi connectivity index (χ3n) is 1.85. The molecule has 0 aliphatic carbocycles. The second-order valence-corrected chi connectivity index (χ2v) is 3.69. The van der Waals surface area contributed by atoms with Crippen molar-refractivity contribution in [2.45, 2.75) is 12.5 Å². The summed E-state index contributed by atoms with van der Waals surface area (Å²) >= 11 is 0.